The van der Waals surface area contributed by atoms with Gasteiger partial charge >= 0.3 is 5.97 Å². The van der Waals surface area contributed by atoms with Crippen LogP contribution in [0, 0.1) is 5.53 Å². The summed E-state index contributed by atoms with van der Waals surface area (Å²) in [4.78, 5) is 10.2. The lowest BCUT2D eigenvalue weighted by molar-refractivity contribution is -0.143. The molecule has 0 spiro atoms. The highest BCUT2D eigenvalue weighted by Gasteiger charge is 2.25. The number of hydrogen-bond donors (Lipinski definition) is 3. The standard InChI is InChI=1S/C4H9N3O2/c1-4(2,3(8)9)6-7-5/h1-2H3,(H2,5,6)(H,8,9). The molecular weight excluding hydrogens is 122 g/mol. The molecule has 0 aliphatic heterocycles. The maximum absolute atomic E-state index is 10.2. The molecule has 52 valence electrons. The topological polar surface area (TPSA) is 85.5 Å². The average molecular weight is 131 g/mol. The third-order valence-electron chi connectivity index (χ3n) is 0.870. The molecule has 0 atom stereocenters. The van der Waals surface area contributed by atoms with Crippen molar-refractivity contribution < 1.29 is 9.90 Å². The van der Waals surface area contributed by atoms with E-state index >= 15 is 0 Å². The van der Waals surface area contributed by atoms with Crippen molar-refractivity contribution >= 4 is 5.97 Å². The Labute approximate surface area is 52.5 Å². The van der Waals surface area contributed by atoms with E-state index in [9.17, 15) is 4.79 Å². The zero-order chi connectivity index (χ0) is 7.49. The first kappa shape index (κ1) is 7.87. The van der Waals surface area contributed by atoms with Crippen LogP contribution in [0.25, 0.3) is 0 Å². The molecule has 0 aromatic carbocycles. The van der Waals surface area contributed by atoms with E-state index in [1.54, 1.807) is 0 Å². The largest absolute Gasteiger partial charge is 0.479 e. The first-order valence-corrected chi connectivity index (χ1v) is 2.37. The Morgan fingerprint density at radius 3 is 2.33 bits per heavy atom. The van der Waals surface area contributed by atoms with Crippen LogP contribution in [0.2, 0.25) is 0 Å². The van der Waals surface area contributed by atoms with Gasteiger partial charge in [0.2, 0.25) is 0 Å². The normalized spacial score (nSPS) is 10.4. The highest BCUT2D eigenvalue weighted by atomic mass is 16.4. The molecule has 3 N–H and O–H groups in total. The molecule has 0 aromatic rings. The second-order valence-corrected chi connectivity index (χ2v) is 2.15. The zero-order valence-electron chi connectivity index (χ0n) is 5.30. The number of nitrogens with zero attached hydrogens (tertiary/aromatic N) is 1. The van der Waals surface area contributed by atoms with Crippen LogP contribution < -0.4 is 5.43 Å². The summed E-state index contributed by atoms with van der Waals surface area (Å²) in [7, 11) is 0. The SMILES string of the molecule is CC(C)(NN=N)C(=O)O. The minimum Gasteiger partial charge on any atom is -0.479 e. The van der Waals surface area contributed by atoms with Crippen molar-refractivity contribution in [1.29, 1.82) is 5.53 Å². The molecule has 5 heteroatoms. The van der Waals surface area contributed by atoms with Gasteiger partial charge in [-0.3, -0.25) is 5.43 Å². The summed E-state index contributed by atoms with van der Waals surface area (Å²) in [6.45, 7) is 2.85. The van der Waals surface area contributed by atoms with Crippen LogP contribution in [0.1, 0.15) is 13.8 Å². The fraction of sp³-hybridized carbons (Fsp3) is 0.750. The van der Waals surface area contributed by atoms with Gasteiger partial charge < -0.3 is 5.11 Å². The third-order valence-corrected chi connectivity index (χ3v) is 0.870. The lowest BCUT2D eigenvalue weighted by atomic mass is 10.1. The molecule has 0 radical (unpaired) electrons. The molecule has 0 bridgehead atoms. The van der Waals surface area contributed by atoms with E-state index < -0.39 is 11.5 Å². The molecule has 0 aromatic heterocycles. The fourth-order valence-electron chi connectivity index (χ4n) is 0.188. The molecule has 0 saturated heterocycles. The molecule has 0 saturated carbocycles. The number of rotatable bonds is 3. The van der Waals surface area contributed by atoms with E-state index in [1.807, 2.05) is 0 Å². The van der Waals surface area contributed by atoms with Crippen molar-refractivity contribution in [2.24, 2.45) is 5.22 Å². The number of carbonyl (C=O) groups is 1. The van der Waals surface area contributed by atoms with Crippen LogP contribution >= 0.6 is 0 Å². The molecule has 0 amide bonds. The highest BCUT2D eigenvalue weighted by Crippen LogP contribution is 1.99. The Bertz CT molecular complexity index is 132. The van der Waals surface area contributed by atoms with Gasteiger partial charge in [-0.15, -0.1) is 0 Å². The van der Waals surface area contributed by atoms with E-state index in [4.69, 9.17) is 10.6 Å². The molecule has 0 fully saturated rings. The minimum atomic E-state index is -1.14. The zero-order valence-corrected chi connectivity index (χ0v) is 5.30. The second-order valence-electron chi connectivity index (χ2n) is 2.15. The van der Waals surface area contributed by atoms with E-state index in [0.29, 0.717) is 0 Å². The number of carboxylic acids is 1. The number of carboxylic acid groups (broad SMARTS) is 1. The summed E-state index contributed by atoms with van der Waals surface area (Å²) < 4.78 is 0. The smallest absolute Gasteiger partial charge is 0.330 e. The van der Waals surface area contributed by atoms with Gasteiger partial charge in [-0.05, 0) is 13.8 Å². The van der Waals surface area contributed by atoms with Crippen LogP contribution in [0.4, 0.5) is 0 Å². The van der Waals surface area contributed by atoms with Gasteiger partial charge in [0, 0.05) is 0 Å². The Kier molecular flexibility index (Phi) is 2.12. The Morgan fingerprint density at radius 1 is 1.78 bits per heavy atom. The fourth-order valence-corrected chi connectivity index (χ4v) is 0.188. The monoisotopic (exact) mass is 131 g/mol. The molecule has 0 aliphatic carbocycles. The molecule has 9 heavy (non-hydrogen) atoms. The van der Waals surface area contributed by atoms with Crippen LogP contribution in [0.3, 0.4) is 0 Å². The van der Waals surface area contributed by atoms with Gasteiger partial charge in [0.15, 0.2) is 0 Å². The minimum absolute atomic E-state index is 1.03. The quantitative estimate of drug-likeness (QED) is 0.382. The third kappa shape index (κ3) is 2.07. The summed E-state index contributed by atoms with van der Waals surface area (Å²) in [5, 5.41) is 11.1. The molecular formula is C4H9N3O2. The van der Waals surface area contributed by atoms with E-state index in [0.717, 1.165) is 0 Å². The first-order valence-electron chi connectivity index (χ1n) is 2.37. The predicted molar refractivity (Wildman–Crippen MR) is 30.0 cm³/mol. The number of aliphatic carboxylic acids is 1. The van der Waals surface area contributed by atoms with Crippen molar-refractivity contribution in [2.75, 3.05) is 0 Å². The van der Waals surface area contributed by atoms with E-state index in [1.165, 1.54) is 13.8 Å². The molecule has 0 heterocycles. The Balaban J connectivity index is 4.00. The maximum atomic E-state index is 10.2. The molecule has 5 nitrogen and oxygen atoms in total. The van der Waals surface area contributed by atoms with Gasteiger partial charge in [-0.1, -0.05) is 5.22 Å². The van der Waals surface area contributed by atoms with Crippen LogP contribution in [0.5, 0.6) is 0 Å². The molecule has 0 unspecified atom stereocenters. The highest BCUT2D eigenvalue weighted by molar-refractivity contribution is 5.77. The molecule has 0 aliphatic rings. The van der Waals surface area contributed by atoms with Crippen molar-refractivity contribution in [1.82, 2.24) is 5.43 Å². The van der Waals surface area contributed by atoms with Crippen LogP contribution in [0.15, 0.2) is 5.22 Å². The summed E-state index contributed by atoms with van der Waals surface area (Å²) in [5.41, 5.74) is 7.28. The van der Waals surface area contributed by atoms with Gasteiger partial charge in [-0.2, -0.15) is 5.53 Å². The predicted octanol–water partition coefficient (Wildman–Crippen LogP) is 0.385. The Hall–Kier alpha value is -1.13. The van der Waals surface area contributed by atoms with E-state index in [-0.39, 0.29) is 0 Å². The van der Waals surface area contributed by atoms with Crippen LogP contribution in [-0.4, -0.2) is 16.6 Å². The Morgan fingerprint density at radius 2 is 2.22 bits per heavy atom. The van der Waals surface area contributed by atoms with Crippen molar-refractivity contribution in [3.63, 3.8) is 0 Å². The van der Waals surface area contributed by atoms with Gasteiger partial charge in [-0.25, -0.2) is 4.79 Å². The van der Waals surface area contributed by atoms with Gasteiger partial charge in [0.1, 0.15) is 5.54 Å². The average Bonchev–Trinajstić information content (AvgIpc) is 1.65. The lowest BCUT2D eigenvalue weighted by Gasteiger charge is -2.16. The lowest BCUT2D eigenvalue weighted by Crippen LogP contribution is -2.43. The summed E-state index contributed by atoms with van der Waals surface area (Å²) in [5.74, 6) is -1.03. The van der Waals surface area contributed by atoms with Gasteiger partial charge in [0.05, 0.1) is 0 Å². The van der Waals surface area contributed by atoms with Gasteiger partial charge in [0.25, 0.3) is 0 Å². The van der Waals surface area contributed by atoms with Crippen molar-refractivity contribution in [3.05, 3.63) is 0 Å². The second kappa shape index (κ2) is 2.43. The first-order chi connectivity index (χ1) is 4.00. The number of hydrogen-bond acceptors (Lipinski definition) is 3. The van der Waals surface area contributed by atoms with Crippen molar-refractivity contribution in [3.8, 4) is 0 Å². The van der Waals surface area contributed by atoms with E-state index in [2.05, 4.69) is 10.6 Å². The number of nitrogens with one attached hydrogen (secondary N) is 2. The van der Waals surface area contributed by atoms with Crippen molar-refractivity contribution in [2.45, 2.75) is 19.4 Å². The summed E-state index contributed by atoms with van der Waals surface area (Å²) in [6.07, 6.45) is 0. The maximum Gasteiger partial charge on any atom is 0.330 e. The summed E-state index contributed by atoms with van der Waals surface area (Å²) >= 11 is 0. The summed E-state index contributed by atoms with van der Waals surface area (Å²) in [6, 6.07) is 0. The molecule has 0 rings (SSSR count). The van der Waals surface area contributed by atoms with Crippen LogP contribution in [-0.2, 0) is 4.79 Å².